The smallest absolute Gasteiger partial charge is 0.378 e. The number of anilines is 5. The van der Waals surface area contributed by atoms with Crippen LogP contribution in [-0.2, 0) is 36.5 Å². The van der Waals surface area contributed by atoms with Crippen LogP contribution in [-0.4, -0.2) is 111 Å². The van der Waals surface area contributed by atoms with Gasteiger partial charge in [0.25, 0.3) is 11.8 Å². The van der Waals surface area contributed by atoms with Gasteiger partial charge in [0.1, 0.15) is 11.6 Å². The lowest BCUT2D eigenvalue weighted by molar-refractivity contribution is -0.138. The summed E-state index contributed by atoms with van der Waals surface area (Å²) in [6.07, 6.45) is -6.93. The summed E-state index contributed by atoms with van der Waals surface area (Å²) in [5.41, 5.74) is 2.41. The van der Waals surface area contributed by atoms with E-state index in [0.29, 0.717) is 117 Å². The van der Waals surface area contributed by atoms with Gasteiger partial charge in [-0.05, 0) is 92.1 Å². The van der Waals surface area contributed by atoms with Crippen molar-refractivity contribution in [1.82, 2.24) is 19.9 Å². The van der Waals surface area contributed by atoms with Crippen molar-refractivity contribution in [3.05, 3.63) is 130 Å². The number of sulfone groups is 1. The third-order valence-corrected chi connectivity index (χ3v) is 13.0. The molecule has 5 heterocycles. The number of rotatable bonds is 10. The number of alkyl halides is 6. The highest BCUT2D eigenvalue weighted by Crippen LogP contribution is 2.34. The molecule has 0 bridgehead atoms. The third-order valence-electron chi connectivity index (χ3n) is 12.2. The van der Waals surface area contributed by atoms with Crippen molar-refractivity contribution in [2.24, 2.45) is 0 Å². The van der Waals surface area contributed by atoms with Crippen molar-refractivity contribution in [3.63, 3.8) is 0 Å². The summed E-state index contributed by atoms with van der Waals surface area (Å²) in [5, 5.41) is 4.96. The van der Waals surface area contributed by atoms with Crippen molar-refractivity contribution in [1.29, 1.82) is 0 Å². The van der Waals surface area contributed by atoms with Crippen molar-refractivity contribution >= 4 is 56.5 Å². The maximum atomic E-state index is 13.1. The first-order valence-electron chi connectivity index (χ1n) is 23.2. The van der Waals surface area contributed by atoms with Gasteiger partial charge in [-0.25, -0.2) is 23.4 Å². The molecule has 3 aliphatic rings. The fraction of sp³-hybridized carbons (Fsp3) is 0.314. The van der Waals surface area contributed by atoms with Crippen LogP contribution >= 0.6 is 0 Å². The lowest BCUT2D eigenvalue weighted by Gasteiger charge is -2.29. The normalized spacial score (nSPS) is 15.4. The summed E-state index contributed by atoms with van der Waals surface area (Å²) in [6.45, 7) is 8.67. The largest absolute Gasteiger partial charge is 0.416 e. The second kappa shape index (κ2) is 21.9. The van der Waals surface area contributed by atoms with E-state index in [1.165, 1.54) is 24.3 Å². The summed E-state index contributed by atoms with van der Waals surface area (Å²) in [4.78, 5) is 61.4. The SMILES string of the molecule is Cc1ccc(NC(=O)c2cccc(C(F)(F)F)c2)cc1-c1cc(N2CCOCC2)nc(N2CCCC2=O)n1.Cc1ccc(NC(=O)c2cccc(C(F)(F)F)c2)cc1-c1cc(N2CCOCC2)nc(S(C)(=O)=O)n1. The number of benzene rings is 4. The van der Waals surface area contributed by atoms with Gasteiger partial charge in [-0.15, -0.1) is 0 Å². The van der Waals surface area contributed by atoms with Gasteiger partial charge in [-0.2, -0.15) is 31.3 Å². The molecule has 0 atom stereocenters. The Morgan fingerprint density at radius 1 is 0.595 bits per heavy atom. The van der Waals surface area contributed by atoms with Gasteiger partial charge in [0, 0.05) is 91.2 Å². The van der Waals surface area contributed by atoms with Crippen molar-refractivity contribution < 1.29 is 58.6 Å². The molecule has 3 amide bonds. The van der Waals surface area contributed by atoms with E-state index in [4.69, 9.17) is 14.5 Å². The molecule has 0 spiro atoms. The van der Waals surface area contributed by atoms with Crippen LogP contribution in [0.3, 0.4) is 0 Å². The van der Waals surface area contributed by atoms with E-state index in [2.05, 4.69) is 30.5 Å². The summed E-state index contributed by atoms with van der Waals surface area (Å²) in [6, 6.07) is 22.0. The van der Waals surface area contributed by atoms with Crippen LogP contribution in [0.1, 0.15) is 55.8 Å². The standard InChI is InChI=1S/C27H26F3N5O3.C24H23F3N4O4S/c1-17-7-8-20(31-25(37)18-4-2-5-19(14-18)27(28,29)30)15-21(17)22-16-23(34-10-12-38-13-11-34)33-26(32-22)35-9-3-6-24(35)36;1-15-6-7-18(28-22(32)16-4-3-5-17(12-16)24(25,26)27)13-19(15)20-14-21(31-8-10-35-11-9-31)30-23(29-20)36(2,33)34/h2,4-5,7-8,14-16H,3,6,9-13H2,1H3,(H,31,37);3-7,12-14H,8-11H2,1-2H3,(H,28,32). The van der Waals surface area contributed by atoms with E-state index in [0.717, 1.165) is 48.1 Å². The zero-order chi connectivity index (χ0) is 53.0. The van der Waals surface area contributed by atoms with Gasteiger partial charge in [0.2, 0.25) is 26.8 Å². The Hall–Kier alpha value is -7.50. The van der Waals surface area contributed by atoms with Gasteiger partial charge in [0.15, 0.2) is 0 Å². The molecule has 0 aliphatic carbocycles. The topological polar surface area (TPSA) is 189 Å². The van der Waals surface area contributed by atoms with Crippen molar-refractivity contribution in [2.45, 2.75) is 44.2 Å². The summed E-state index contributed by atoms with van der Waals surface area (Å²) in [7, 11) is -3.73. The molecule has 388 valence electrons. The number of aryl methyl sites for hydroxylation is 2. The second-order valence-corrected chi connectivity index (χ2v) is 19.5. The first kappa shape index (κ1) is 52.8. The Kier molecular flexibility index (Phi) is 15.6. The molecule has 2 aromatic heterocycles. The van der Waals surface area contributed by atoms with Gasteiger partial charge >= 0.3 is 12.4 Å². The van der Waals surface area contributed by atoms with Gasteiger partial charge in [-0.1, -0.05) is 24.3 Å². The number of carbonyl (C=O) groups excluding carboxylic acids is 3. The average molecular weight is 1050 g/mol. The Balaban J connectivity index is 0.000000197. The second-order valence-electron chi connectivity index (χ2n) is 17.6. The zero-order valence-corrected chi connectivity index (χ0v) is 41.0. The fourth-order valence-corrected chi connectivity index (χ4v) is 8.72. The molecule has 0 saturated carbocycles. The Morgan fingerprint density at radius 3 is 1.49 bits per heavy atom. The molecule has 3 fully saturated rings. The molecule has 3 aliphatic heterocycles. The Bertz CT molecular complexity index is 3200. The summed E-state index contributed by atoms with van der Waals surface area (Å²) >= 11 is 0. The minimum absolute atomic E-state index is 0.0334. The molecule has 16 nitrogen and oxygen atoms in total. The highest BCUT2D eigenvalue weighted by atomic mass is 32.2. The van der Waals surface area contributed by atoms with Crippen molar-refractivity contribution in [2.75, 3.05) is 90.7 Å². The van der Waals surface area contributed by atoms with E-state index < -0.39 is 45.1 Å². The van der Waals surface area contributed by atoms with Crippen LogP contribution < -0.4 is 25.3 Å². The molecule has 3 saturated heterocycles. The number of amides is 3. The van der Waals surface area contributed by atoms with Crippen LogP contribution in [0, 0.1) is 13.8 Å². The predicted octanol–water partition coefficient (Wildman–Crippen LogP) is 8.65. The van der Waals surface area contributed by atoms with Gasteiger partial charge in [-0.3, -0.25) is 19.3 Å². The number of aromatic nitrogens is 4. The van der Waals surface area contributed by atoms with E-state index in [-0.39, 0.29) is 22.2 Å². The molecular weight excluding hydrogens is 997 g/mol. The Labute approximate surface area is 421 Å². The van der Waals surface area contributed by atoms with Crippen LogP contribution in [0.25, 0.3) is 22.5 Å². The number of ether oxygens (including phenoxy) is 2. The van der Waals surface area contributed by atoms with Crippen LogP contribution in [0.2, 0.25) is 0 Å². The number of hydrogen-bond acceptors (Lipinski definition) is 13. The van der Waals surface area contributed by atoms with Gasteiger partial charge in [0.05, 0.1) is 48.9 Å². The third kappa shape index (κ3) is 12.8. The molecule has 0 radical (unpaired) electrons. The monoisotopic (exact) mass is 1050 g/mol. The molecular formula is C51H49F6N9O7S. The van der Waals surface area contributed by atoms with E-state index >= 15 is 0 Å². The number of hydrogen-bond donors (Lipinski definition) is 2. The van der Waals surface area contributed by atoms with E-state index in [9.17, 15) is 49.1 Å². The molecule has 9 rings (SSSR count). The fourth-order valence-electron chi connectivity index (χ4n) is 8.20. The number of carbonyl (C=O) groups is 3. The number of nitrogens with zero attached hydrogens (tertiary/aromatic N) is 7. The highest BCUT2D eigenvalue weighted by Gasteiger charge is 2.33. The predicted molar refractivity (Wildman–Crippen MR) is 264 cm³/mol. The Morgan fingerprint density at radius 2 is 1.05 bits per heavy atom. The van der Waals surface area contributed by atoms with E-state index in [1.54, 1.807) is 54.3 Å². The first-order valence-corrected chi connectivity index (χ1v) is 25.1. The lowest BCUT2D eigenvalue weighted by atomic mass is 10.0. The maximum Gasteiger partial charge on any atom is 0.416 e. The molecule has 0 unspecified atom stereocenters. The highest BCUT2D eigenvalue weighted by molar-refractivity contribution is 7.90. The lowest BCUT2D eigenvalue weighted by Crippen LogP contribution is -2.37. The van der Waals surface area contributed by atoms with Crippen molar-refractivity contribution in [3.8, 4) is 22.5 Å². The van der Waals surface area contributed by atoms with Gasteiger partial charge < -0.3 is 29.9 Å². The summed E-state index contributed by atoms with van der Waals surface area (Å²) < 4.78 is 114. The summed E-state index contributed by atoms with van der Waals surface area (Å²) in [5.74, 6) is 0.0147. The number of nitrogens with one attached hydrogen (secondary N) is 2. The number of morpholine rings is 2. The average Bonchev–Trinajstić information content (AvgIpc) is 3.82. The molecule has 2 N–H and O–H groups in total. The number of halogens is 6. The molecule has 74 heavy (non-hydrogen) atoms. The zero-order valence-electron chi connectivity index (χ0n) is 40.2. The quantitative estimate of drug-likeness (QED) is 0.0981. The van der Waals surface area contributed by atoms with Crippen LogP contribution in [0.15, 0.2) is 102 Å². The van der Waals surface area contributed by atoms with Crippen LogP contribution in [0.4, 0.5) is 55.3 Å². The molecule has 4 aromatic carbocycles. The van der Waals surface area contributed by atoms with Crippen LogP contribution in [0.5, 0.6) is 0 Å². The first-order chi connectivity index (χ1) is 35.1. The van der Waals surface area contributed by atoms with E-state index in [1.807, 2.05) is 17.9 Å². The maximum absolute atomic E-state index is 13.1. The minimum atomic E-state index is -4.57. The molecule has 23 heteroatoms. The minimum Gasteiger partial charge on any atom is -0.378 e. The molecule has 6 aromatic rings.